The Kier molecular flexibility index (Phi) is 4.62. The van der Waals surface area contributed by atoms with Crippen LogP contribution in [0.25, 0.3) is 0 Å². The first kappa shape index (κ1) is 13.8. The van der Waals surface area contributed by atoms with Crippen LogP contribution in [0.1, 0.15) is 25.3 Å². The van der Waals surface area contributed by atoms with Gasteiger partial charge < -0.3 is 0 Å². The van der Waals surface area contributed by atoms with Gasteiger partial charge in [0.1, 0.15) is 4.08 Å². The van der Waals surface area contributed by atoms with E-state index in [0.717, 1.165) is 17.7 Å². The molecule has 2 atom stereocenters. The van der Waals surface area contributed by atoms with E-state index in [4.69, 9.17) is 0 Å². The minimum Gasteiger partial charge on any atom is -0.297 e. The average Bonchev–Trinajstić information content (AvgIpc) is 2.40. The van der Waals surface area contributed by atoms with Gasteiger partial charge in [-0.3, -0.25) is 9.00 Å². The summed E-state index contributed by atoms with van der Waals surface area (Å²) in [4.78, 5) is 12.5. The van der Waals surface area contributed by atoms with Crippen LogP contribution in [0.5, 0.6) is 0 Å². The van der Waals surface area contributed by atoms with Gasteiger partial charge in [-0.2, -0.15) is 0 Å². The molecule has 2 nitrogen and oxygen atoms in total. The zero-order valence-electron chi connectivity index (χ0n) is 10.6. The molecule has 1 saturated heterocycles. The smallest absolute Gasteiger partial charge is 0.165 e. The van der Waals surface area contributed by atoms with Crippen molar-refractivity contribution in [3.63, 3.8) is 0 Å². The van der Waals surface area contributed by atoms with Crippen molar-refractivity contribution in [1.29, 1.82) is 0 Å². The highest BCUT2D eigenvalue weighted by Gasteiger charge is 2.44. The van der Waals surface area contributed by atoms with Gasteiger partial charge in [0.15, 0.2) is 5.78 Å². The highest BCUT2D eigenvalue weighted by molar-refractivity contribution is 8.14. The molecule has 0 radical (unpaired) electrons. The Hall–Kier alpha value is -0.610. The summed E-state index contributed by atoms with van der Waals surface area (Å²) >= 11 is 1.60. The van der Waals surface area contributed by atoms with Crippen LogP contribution in [-0.4, -0.2) is 25.6 Å². The molecule has 0 saturated carbocycles. The summed E-state index contributed by atoms with van der Waals surface area (Å²) in [5.74, 6) is 1.74. The number of Topliss-reactive ketones (excluding diaryl/α,β-unsaturated/α-hetero) is 1. The van der Waals surface area contributed by atoms with E-state index in [-0.39, 0.29) is 5.78 Å². The maximum Gasteiger partial charge on any atom is 0.165 e. The molecule has 0 spiro atoms. The maximum atomic E-state index is 12.5. The molecule has 0 amide bonds. The van der Waals surface area contributed by atoms with Crippen LogP contribution in [-0.2, 0) is 22.0 Å². The zero-order valence-corrected chi connectivity index (χ0v) is 12.2. The van der Waals surface area contributed by atoms with E-state index < -0.39 is 14.9 Å². The van der Waals surface area contributed by atoms with Gasteiger partial charge in [0.2, 0.25) is 0 Å². The third-order valence-corrected chi connectivity index (χ3v) is 7.57. The molecule has 98 valence electrons. The highest BCUT2D eigenvalue weighted by Crippen LogP contribution is 2.39. The number of benzene rings is 1. The van der Waals surface area contributed by atoms with Crippen LogP contribution in [0.3, 0.4) is 0 Å². The SMILES string of the molecule is CC[C@@]1(C(=O)Cc2ccccc2)SCCCS1=O. The van der Waals surface area contributed by atoms with Crippen molar-refractivity contribution < 1.29 is 9.00 Å². The minimum absolute atomic E-state index is 0.124. The first-order valence-electron chi connectivity index (χ1n) is 6.28. The molecule has 0 aliphatic carbocycles. The molecular weight excluding hydrogens is 264 g/mol. The quantitative estimate of drug-likeness (QED) is 0.851. The molecule has 1 aromatic carbocycles. The summed E-state index contributed by atoms with van der Waals surface area (Å²) in [5.41, 5.74) is 1.01. The Morgan fingerprint density at radius 1 is 1.39 bits per heavy atom. The predicted molar refractivity (Wildman–Crippen MR) is 78.3 cm³/mol. The average molecular weight is 282 g/mol. The monoisotopic (exact) mass is 282 g/mol. The molecular formula is C14H18O2S2. The molecule has 1 aromatic rings. The van der Waals surface area contributed by atoms with Gasteiger partial charge in [0, 0.05) is 23.0 Å². The van der Waals surface area contributed by atoms with Gasteiger partial charge in [-0.25, -0.2) is 0 Å². The first-order valence-corrected chi connectivity index (χ1v) is 8.59. The van der Waals surface area contributed by atoms with Crippen LogP contribution in [0.4, 0.5) is 0 Å². The zero-order chi connectivity index (χ0) is 13.0. The molecule has 1 heterocycles. The van der Waals surface area contributed by atoms with Crippen molar-refractivity contribution in [1.82, 2.24) is 0 Å². The Morgan fingerprint density at radius 3 is 2.72 bits per heavy atom. The van der Waals surface area contributed by atoms with Gasteiger partial charge in [-0.15, -0.1) is 11.8 Å². The molecule has 1 aliphatic rings. The number of hydrogen-bond acceptors (Lipinski definition) is 3. The summed E-state index contributed by atoms with van der Waals surface area (Å²) in [6, 6.07) is 9.73. The van der Waals surface area contributed by atoms with Crippen LogP contribution in [0, 0.1) is 0 Å². The van der Waals surface area contributed by atoms with Crippen molar-refractivity contribution in [2.75, 3.05) is 11.5 Å². The van der Waals surface area contributed by atoms with Crippen molar-refractivity contribution in [2.24, 2.45) is 0 Å². The molecule has 0 N–H and O–H groups in total. The fraction of sp³-hybridized carbons (Fsp3) is 0.500. The number of hydrogen-bond donors (Lipinski definition) is 0. The van der Waals surface area contributed by atoms with Gasteiger partial charge in [-0.1, -0.05) is 37.3 Å². The Balaban J connectivity index is 2.17. The Labute approximate surface area is 115 Å². The van der Waals surface area contributed by atoms with E-state index >= 15 is 0 Å². The molecule has 2 rings (SSSR count). The standard InChI is InChI=1S/C14H18O2S2/c1-2-14(17-9-6-10-18(14)16)13(15)11-12-7-4-3-5-8-12/h3-5,7-8H,2,6,9-11H2,1H3/t14-,18?/m1/s1. The first-order chi connectivity index (χ1) is 8.69. The van der Waals surface area contributed by atoms with Crippen molar-refractivity contribution in [2.45, 2.75) is 30.3 Å². The van der Waals surface area contributed by atoms with Crippen LogP contribution in [0.2, 0.25) is 0 Å². The third kappa shape index (κ3) is 2.69. The second-order valence-corrected chi connectivity index (χ2v) is 7.89. The van der Waals surface area contributed by atoms with Crippen molar-refractivity contribution in [3.8, 4) is 0 Å². The Morgan fingerprint density at radius 2 is 2.11 bits per heavy atom. The van der Waals surface area contributed by atoms with Gasteiger partial charge in [0.05, 0.1) is 0 Å². The number of carbonyl (C=O) groups is 1. The van der Waals surface area contributed by atoms with Crippen molar-refractivity contribution in [3.05, 3.63) is 35.9 Å². The molecule has 18 heavy (non-hydrogen) atoms. The van der Waals surface area contributed by atoms with Gasteiger partial charge in [0.25, 0.3) is 0 Å². The fourth-order valence-electron chi connectivity index (χ4n) is 2.24. The summed E-state index contributed by atoms with van der Waals surface area (Å²) in [6.07, 6.45) is 2.01. The molecule has 4 heteroatoms. The summed E-state index contributed by atoms with van der Waals surface area (Å²) in [5, 5.41) is 0. The lowest BCUT2D eigenvalue weighted by Crippen LogP contribution is -2.44. The van der Waals surface area contributed by atoms with E-state index in [9.17, 15) is 9.00 Å². The lowest BCUT2D eigenvalue weighted by atomic mass is 10.1. The third-order valence-electron chi connectivity index (χ3n) is 3.27. The summed E-state index contributed by atoms with van der Waals surface area (Å²) in [6.45, 7) is 1.97. The minimum atomic E-state index is -1.03. The van der Waals surface area contributed by atoms with E-state index in [1.165, 1.54) is 0 Å². The van der Waals surface area contributed by atoms with E-state index in [1.54, 1.807) is 11.8 Å². The normalized spacial score (nSPS) is 27.9. The number of carbonyl (C=O) groups excluding carboxylic acids is 1. The number of rotatable bonds is 4. The van der Waals surface area contributed by atoms with E-state index in [1.807, 2.05) is 37.3 Å². The lowest BCUT2D eigenvalue weighted by Gasteiger charge is -2.33. The Bertz CT molecular complexity index is 444. The summed E-state index contributed by atoms with van der Waals surface area (Å²) in [7, 11) is -1.03. The van der Waals surface area contributed by atoms with Crippen LogP contribution < -0.4 is 0 Å². The molecule has 0 bridgehead atoms. The highest BCUT2D eigenvalue weighted by atomic mass is 32.2. The van der Waals surface area contributed by atoms with Gasteiger partial charge >= 0.3 is 0 Å². The molecule has 1 unspecified atom stereocenters. The topological polar surface area (TPSA) is 34.1 Å². The van der Waals surface area contributed by atoms with Gasteiger partial charge in [-0.05, 0) is 24.2 Å². The molecule has 1 fully saturated rings. The summed E-state index contributed by atoms with van der Waals surface area (Å²) < 4.78 is 11.6. The number of ketones is 1. The van der Waals surface area contributed by atoms with Crippen LogP contribution >= 0.6 is 11.8 Å². The lowest BCUT2D eigenvalue weighted by molar-refractivity contribution is -0.118. The second-order valence-electron chi connectivity index (χ2n) is 4.44. The van der Waals surface area contributed by atoms with Crippen molar-refractivity contribution >= 4 is 28.3 Å². The second kappa shape index (κ2) is 6.02. The predicted octanol–water partition coefficient (Wildman–Crippen LogP) is 2.79. The molecule has 1 aliphatic heterocycles. The number of thioether (sulfide) groups is 1. The largest absolute Gasteiger partial charge is 0.297 e. The maximum absolute atomic E-state index is 12.5. The fourth-order valence-corrected chi connectivity index (χ4v) is 5.89. The van der Waals surface area contributed by atoms with Crippen LogP contribution in [0.15, 0.2) is 30.3 Å². The molecule has 0 aromatic heterocycles. The van der Waals surface area contributed by atoms with E-state index in [2.05, 4.69) is 0 Å². The van der Waals surface area contributed by atoms with E-state index in [0.29, 0.717) is 18.6 Å².